The van der Waals surface area contributed by atoms with Crippen LogP contribution in [-0.2, 0) is 22.4 Å². The molecule has 0 saturated carbocycles. The van der Waals surface area contributed by atoms with Crippen LogP contribution in [0, 0.1) is 10.8 Å². The molecule has 0 unspecified atom stereocenters. The van der Waals surface area contributed by atoms with Crippen molar-refractivity contribution in [2.75, 3.05) is 43.6 Å². The number of rotatable bonds is 15. The highest BCUT2D eigenvalue weighted by Crippen LogP contribution is 2.23. The van der Waals surface area contributed by atoms with Crippen LogP contribution in [0.3, 0.4) is 0 Å². The molecule has 33 heavy (non-hydrogen) atoms. The summed E-state index contributed by atoms with van der Waals surface area (Å²) in [5.74, 6) is -0.829. The van der Waals surface area contributed by atoms with E-state index in [0.29, 0.717) is 23.1 Å². The standard InChI is InChI=1S/C19H30N6O6S2/c1-18(8-26,9-27)12(30)7-20-16-24-22-13(32-16)5-3-4-6-14-23-25-17(33-14)21-15(31)19(2,10-28)11-29/h26-29H,3-11H2,1-2H3,(H,20,24)(H,21,25,31). The summed E-state index contributed by atoms with van der Waals surface area (Å²) >= 11 is 2.58. The molecule has 1 amide bonds. The van der Waals surface area contributed by atoms with E-state index in [9.17, 15) is 30.0 Å². The van der Waals surface area contributed by atoms with E-state index in [1.807, 2.05) is 0 Å². The van der Waals surface area contributed by atoms with E-state index < -0.39 is 43.2 Å². The maximum Gasteiger partial charge on any atom is 0.236 e. The molecule has 0 aliphatic heterocycles. The number of aliphatic hydroxyl groups excluding tert-OH is 4. The van der Waals surface area contributed by atoms with E-state index in [0.717, 1.165) is 22.9 Å². The van der Waals surface area contributed by atoms with Gasteiger partial charge in [-0.2, -0.15) is 0 Å². The average Bonchev–Trinajstić information content (AvgIpc) is 3.48. The topological polar surface area (TPSA) is 191 Å². The first-order valence-electron chi connectivity index (χ1n) is 10.4. The molecule has 0 spiro atoms. The first-order valence-corrected chi connectivity index (χ1v) is 12.0. The van der Waals surface area contributed by atoms with Crippen molar-refractivity contribution in [2.45, 2.75) is 39.5 Å². The molecule has 2 aromatic rings. The van der Waals surface area contributed by atoms with Gasteiger partial charge in [0.1, 0.15) is 10.0 Å². The normalized spacial score (nSPS) is 12.1. The molecule has 0 bridgehead atoms. The number of hydrogen-bond donors (Lipinski definition) is 6. The number of nitrogens with one attached hydrogen (secondary N) is 2. The molecule has 2 rings (SSSR count). The molecule has 2 aromatic heterocycles. The summed E-state index contributed by atoms with van der Waals surface area (Å²) in [4.78, 5) is 24.3. The van der Waals surface area contributed by atoms with Crippen LogP contribution in [-0.4, -0.2) is 85.5 Å². The number of aliphatic hydroxyl groups is 4. The molecule has 14 heteroatoms. The highest BCUT2D eigenvalue weighted by Gasteiger charge is 2.33. The summed E-state index contributed by atoms with van der Waals surface area (Å²) in [5.41, 5.74) is -2.48. The van der Waals surface area contributed by atoms with Gasteiger partial charge in [-0.1, -0.05) is 22.7 Å². The van der Waals surface area contributed by atoms with Gasteiger partial charge in [0, 0.05) is 12.8 Å². The Hall–Kier alpha value is -2.10. The molecule has 0 saturated heterocycles. The summed E-state index contributed by atoms with van der Waals surface area (Å²) in [5, 5.41) is 61.0. The van der Waals surface area contributed by atoms with Gasteiger partial charge < -0.3 is 25.7 Å². The van der Waals surface area contributed by atoms with Crippen molar-refractivity contribution in [1.29, 1.82) is 0 Å². The smallest absolute Gasteiger partial charge is 0.236 e. The number of ketones is 1. The molecule has 0 aliphatic carbocycles. The summed E-state index contributed by atoms with van der Waals surface area (Å²) in [7, 11) is 0. The fourth-order valence-corrected chi connectivity index (χ4v) is 3.97. The lowest BCUT2D eigenvalue weighted by molar-refractivity contribution is -0.131. The minimum absolute atomic E-state index is 0.0576. The monoisotopic (exact) mass is 502 g/mol. The molecule has 0 fully saturated rings. The minimum atomic E-state index is -1.29. The predicted molar refractivity (Wildman–Crippen MR) is 123 cm³/mol. The van der Waals surface area contributed by atoms with Crippen molar-refractivity contribution in [3.05, 3.63) is 10.0 Å². The highest BCUT2D eigenvalue weighted by molar-refractivity contribution is 7.15. The summed E-state index contributed by atoms with van der Waals surface area (Å²) in [6.45, 7) is 1.07. The number of carbonyl (C=O) groups is 2. The van der Waals surface area contributed by atoms with Crippen molar-refractivity contribution < 1.29 is 30.0 Å². The largest absolute Gasteiger partial charge is 0.395 e. The highest BCUT2D eigenvalue weighted by atomic mass is 32.1. The van der Waals surface area contributed by atoms with Crippen LogP contribution in [0.2, 0.25) is 0 Å². The first kappa shape index (κ1) is 27.1. The van der Waals surface area contributed by atoms with Crippen LogP contribution in [0.15, 0.2) is 0 Å². The molecule has 184 valence electrons. The number of anilines is 2. The quantitative estimate of drug-likeness (QED) is 0.178. The number of carbonyl (C=O) groups excluding carboxylic acids is 2. The van der Waals surface area contributed by atoms with Crippen molar-refractivity contribution >= 4 is 44.6 Å². The van der Waals surface area contributed by atoms with Crippen LogP contribution in [0.5, 0.6) is 0 Å². The maximum atomic E-state index is 12.1. The van der Waals surface area contributed by atoms with Crippen LogP contribution >= 0.6 is 22.7 Å². The number of aromatic nitrogens is 4. The second-order valence-corrected chi connectivity index (χ2v) is 10.3. The van der Waals surface area contributed by atoms with Crippen LogP contribution in [0.1, 0.15) is 36.7 Å². The molecule has 0 atom stereocenters. The Kier molecular flexibility index (Phi) is 10.2. The van der Waals surface area contributed by atoms with Gasteiger partial charge >= 0.3 is 0 Å². The zero-order valence-electron chi connectivity index (χ0n) is 18.6. The fourth-order valence-electron chi connectivity index (χ4n) is 2.42. The third kappa shape index (κ3) is 7.45. The van der Waals surface area contributed by atoms with Crippen molar-refractivity contribution in [1.82, 2.24) is 20.4 Å². The fraction of sp³-hybridized carbons (Fsp3) is 0.684. The van der Waals surface area contributed by atoms with E-state index in [1.54, 1.807) is 0 Å². The molecule has 6 N–H and O–H groups in total. The molecular formula is C19H30N6O6S2. The Morgan fingerprint density at radius 2 is 1.27 bits per heavy atom. The van der Waals surface area contributed by atoms with E-state index in [-0.39, 0.29) is 12.3 Å². The number of Topliss-reactive ketones (excluding diaryl/α,β-unsaturated/α-hetero) is 1. The Bertz CT molecular complexity index is 912. The summed E-state index contributed by atoms with van der Waals surface area (Å²) in [6, 6.07) is 0. The average molecular weight is 503 g/mol. The summed E-state index contributed by atoms with van der Waals surface area (Å²) in [6.07, 6.45) is 3.02. The van der Waals surface area contributed by atoms with Gasteiger partial charge in [0.25, 0.3) is 0 Å². The van der Waals surface area contributed by atoms with Crippen molar-refractivity contribution in [3.63, 3.8) is 0 Å². The lowest BCUT2D eigenvalue weighted by Crippen LogP contribution is -2.39. The van der Waals surface area contributed by atoms with E-state index >= 15 is 0 Å². The lowest BCUT2D eigenvalue weighted by atomic mass is 9.87. The Morgan fingerprint density at radius 3 is 1.79 bits per heavy atom. The van der Waals surface area contributed by atoms with E-state index in [2.05, 4.69) is 31.0 Å². The van der Waals surface area contributed by atoms with Crippen LogP contribution in [0.25, 0.3) is 0 Å². The van der Waals surface area contributed by atoms with E-state index in [1.165, 1.54) is 36.5 Å². The zero-order valence-corrected chi connectivity index (χ0v) is 20.2. The number of amides is 1. The molecule has 0 aromatic carbocycles. The van der Waals surface area contributed by atoms with Crippen LogP contribution in [0.4, 0.5) is 10.3 Å². The number of nitrogens with zero attached hydrogens (tertiary/aromatic N) is 4. The van der Waals surface area contributed by atoms with Gasteiger partial charge in [0.05, 0.1) is 43.8 Å². The first-order chi connectivity index (χ1) is 15.7. The van der Waals surface area contributed by atoms with Gasteiger partial charge in [0.15, 0.2) is 5.78 Å². The third-order valence-electron chi connectivity index (χ3n) is 5.20. The Morgan fingerprint density at radius 1 is 0.788 bits per heavy atom. The van der Waals surface area contributed by atoms with Crippen molar-refractivity contribution in [2.24, 2.45) is 10.8 Å². The number of unbranched alkanes of at least 4 members (excludes halogenated alkanes) is 1. The molecular weight excluding hydrogens is 472 g/mol. The zero-order chi connectivity index (χ0) is 24.5. The lowest BCUT2D eigenvalue weighted by Gasteiger charge is -2.22. The van der Waals surface area contributed by atoms with Gasteiger partial charge in [-0.15, -0.1) is 20.4 Å². The summed E-state index contributed by atoms with van der Waals surface area (Å²) < 4.78 is 0. The van der Waals surface area contributed by atoms with Gasteiger partial charge in [0.2, 0.25) is 16.2 Å². The second-order valence-electron chi connectivity index (χ2n) is 8.19. The SMILES string of the molecule is CC(CO)(CO)C(=O)CNc1nnc(CCCCc2nnc(NC(=O)C(C)(CO)CO)s2)s1. The van der Waals surface area contributed by atoms with Gasteiger partial charge in [-0.3, -0.25) is 14.9 Å². The number of aryl methyl sites for hydroxylation is 2. The third-order valence-corrected chi connectivity index (χ3v) is 7.04. The Balaban J connectivity index is 1.73. The Labute approximate surface area is 199 Å². The van der Waals surface area contributed by atoms with Gasteiger partial charge in [-0.05, 0) is 26.7 Å². The predicted octanol–water partition coefficient (Wildman–Crippen LogP) is -0.144. The maximum absolute atomic E-state index is 12.1. The molecule has 12 nitrogen and oxygen atoms in total. The second kappa shape index (κ2) is 12.4. The number of hydrogen-bond acceptors (Lipinski definition) is 13. The molecule has 0 radical (unpaired) electrons. The van der Waals surface area contributed by atoms with Gasteiger partial charge in [-0.25, -0.2) is 0 Å². The van der Waals surface area contributed by atoms with Crippen molar-refractivity contribution in [3.8, 4) is 0 Å². The van der Waals surface area contributed by atoms with Crippen LogP contribution < -0.4 is 10.6 Å². The minimum Gasteiger partial charge on any atom is -0.395 e. The molecule has 2 heterocycles. The molecule has 0 aliphatic rings. The van der Waals surface area contributed by atoms with E-state index in [4.69, 9.17) is 0 Å².